The van der Waals surface area contributed by atoms with Gasteiger partial charge in [-0.3, -0.25) is 0 Å². The Morgan fingerprint density at radius 2 is 2.05 bits per heavy atom. The molecule has 1 rings (SSSR count). The minimum atomic E-state index is -0.566. The van der Waals surface area contributed by atoms with Crippen molar-refractivity contribution in [3.63, 3.8) is 0 Å². The van der Waals surface area contributed by atoms with Crippen molar-refractivity contribution in [3.8, 4) is 0 Å². The minimum Gasteiger partial charge on any atom is -0.390 e. The molecule has 0 radical (unpaired) electrons. The number of aliphatic hydroxyl groups is 1. The van der Waals surface area contributed by atoms with Crippen LogP contribution in [0.5, 0.6) is 0 Å². The molecular weight excluding hydrogens is 254 g/mol. The van der Waals surface area contributed by atoms with Gasteiger partial charge < -0.3 is 10.4 Å². The fourth-order valence-corrected chi connectivity index (χ4v) is 2.92. The summed E-state index contributed by atoms with van der Waals surface area (Å²) in [7, 11) is 0. The van der Waals surface area contributed by atoms with Gasteiger partial charge >= 0.3 is 0 Å². The second kappa shape index (κ2) is 7.93. The molecule has 0 atom stereocenters. The lowest BCUT2D eigenvalue weighted by molar-refractivity contribution is 0.0778. The van der Waals surface area contributed by atoms with Crippen molar-refractivity contribution in [1.29, 1.82) is 0 Å². The number of rotatable bonds is 8. The highest BCUT2D eigenvalue weighted by Gasteiger charge is 2.11. The Kier molecular flexibility index (Phi) is 6.90. The zero-order chi connectivity index (χ0) is 14.3. The van der Waals surface area contributed by atoms with Gasteiger partial charge in [0, 0.05) is 17.2 Å². The van der Waals surface area contributed by atoms with Crippen LogP contribution < -0.4 is 5.32 Å². The first-order chi connectivity index (χ1) is 8.87. The first kappa shape index (κ1) is 16.5. The first-order valence-corrected chi connectivity index (χ1v) is 8.00. The maximum Gasteiger partial charge on any atom is 0.0599 e. The van der Waals surface area contributed by atoms with Crippen molar-refractivity contribution in [1.82, 2.24) is 5.32 Å². The average Bonchev–Trinajstić information content (AvgIpc) is 2.27. The Bertz CT molecular complexity index is 371. The van der Waals surface area contributed by atoms with E-state index in [2.05, 4.69) is 43.4 Å². The molecule has 1 aromatic rings. The van der Waals surface area contributed by atoms with E-state index in [1.54, 1.807) is 0 Å². The molecule has 1 aromatic carbocycles. The highest BCUT2D eigenvalue weighted by Crippen LogP contribution is 2.22. The van der Waals surface area contributed by atoms with Gasteiger partial charge in [-0.2, -0.15) is 0 Å². The SMILES string of the molecule is CC(C)CNCc1cccc(SCCC(C)(C)O)c1. The summed E-state index contributed by atoms with van der Waals surface area (Å²) in [6.45, 7) is 10.1. The Morgan fingerprint density at radius 1 is 1.32 bits per heavy atom. The molecule has 0 aliphatic rings. The summed E-state index contributed by atoms with van der Waals surface area (Å²) in [6, 6.07) is 8.65. The van der Waals surface area contributed by atoms with Crippen LogP contribution in [0.2, 0.25) is 0 Å². The maximum absolute atomic E-state index is 9.70. The molecule has 0 aromatic heterocycles. The highest BCUT2D eigenvalue weighted by molar-refractivity contribution is 7.99. The van der Waals surface area contributed by atoms with E-state index in [0.29, 0.717) is 5.92 Å². The summed E-state index contributed by atoms with van der Waals surface area (Å²) in [5.74, 6) is 1.64. The Labute approximate surface area is 122 Å². The van der Waals surface area contributed by atoms with Gasteiger partial charge in [0.15, 0.2) is 0 Å². The molecule has 19 heavy (non-hydrogen) atoms. The number of hydrogen-bond acceptors (Lipinski definition) is 3. The molecule has 0 aliphatic heterocycles. The van der Waals surface area contributed by atoms with Gasteiger partial charge in [0.25, 0.3) is 0 Å². The van der Waals surface area contributed by atoms with Crippen LogP contribution in [0.3, 0.4) is 0 Å². The van der Waals surface area contributed by atoms with Gasteiger partial charge in [0.1, 0.15) is 0 Å². The molecule has 0 saturated heterocycles. The molecule has 3 heteroatoms. The van der Waals surface area contributed by atoms with Gasteiger partial charge in [0.05, 0.1) is 5.60 Å². The molecule has 0 unspecified atom stereocenters. The van der Waals surface area contributed by atoms with Crippen LogP contribution in [0.25, 0.3) is 0 Å². The monoisotopic (exact) mass is 281 g/mol. The van der Waals surface area contributed by atoms with Gasteiger partial charge in [-0.15, -0.1) is 11.8 Å². The minimum absolute atomic E-state index is 0.566. The van der Waals surface area contributed by atoms with E-state index in [4.69, 9.17) is 0 Å². The van der Waals surface area contributed by atoms with E-state index in [9.17, 15) is 5.11 Å². The molecule has 108 valence electrons. The average molecular weight is 281 g/mol. The number of hydrogen-bond donors (Lipinski definition) is 2. The van der Waals surface area contributed by atoms with Gasteiger partial charge in [-0.05, 0) is 50.4 Å². The summed E-state index contributed by atoms with van der Waals surface area (Å²) >= 11 is 1.81. The molecular formula is C16H27NOS. The molecule has 0 spiro atoms. The van der Waals surface area contributed by atoms with Gasteiger partial charge in [-0.25, -0.2) is 0 Å². The molecule has 0 fully saturated rings. The fraction of sp³-hybridized carbons (Fsp3) is 0.625. The predicted octanol–water partition coefficient (Wildman–Crippen LogP) is 3.69. The van der Waals surface area contributed by atoms with Crippen molar-refractivity contribution < 1.29 is 5.11 Å². The van der Waals surface area contributed by atoms with Crippen LogP contribution in [0.15, 0.2) is 29.2 Å². The Hall–Kier alpha value is -0.510. The van der Waals surface area contributed by atoms with Crippen molar-refractivity contribution >= 4 is 11.8 Å². The molecule has 2 nitrogen and oxygen atoms in total. The van der Waals surface area contributed by atoms with Crippen molar-refractivity contribution in [2.45, 2.75) is 51.2 Å². The quantitative estimate of drug-likeness (QED) is 0.713. The van der Waals surface area contributed by atoms with Crippen molar-refractivity contribution in [3.05, 3.63) is 29.8 Å². The topological polar surface area (TPSA) is 32.3 Å². The Balaban J connectivity index is 2.39. The maximum atomic E-state index is 9.70. The van der Waals surface area contributed by atoms with Crippen LogP contribution >= 0.6 is 11.8 Å². The summed E-state index contributed by atoms with van der Waals surface area (Å²) in [6.07, 6.45) is 0.813. The third kappa shape index (κ3) is 8.30. The smallest absolute Gasteiger partial charge is 0.0599 e. The van der Waals surface area contributed by atoms with E-state index in [1.807, 2.05) is 25.6 Å². The zero-order valence-electron chi connectivity index (χ0n) is 12.6. The normalized spacial score (nSPS) is 12.1. The summed E-state index contributed by atoms with van der Waals surface area (Å²) in [5, 5.41) is 13.2. The second-order valence-electron chi connectivity index (χ2n) is 6.08. The Morgan fingerprint density at radius 3 is 2.68 bits per heavy atom. The summed E-state index contributed by atoms with van der Waals surface area (Å²) < 4.78 is 0. The summed E-state index contributed by atoms with van der Waals surface area (Å²) in [5.41, 5.74) is 0.762. The number of benzene rings is 1. The van der Waals surface area contributed by atoms with Crippen LogP contribution in [-0.2, 0) is 6.54 Å². The third-order valence-electron chi connectivity index (χ3n) is 2.76. The highest BCUT2D eigenvalue weighted by atomic mass is 32.2. The summed E-state index contributed by atoms with van der Waals surface area (Å²) in [4.78, 5) is 1.29. The van der Waals surface area contributed by atoms with E-state index in [-0.39, 0.29) is 0 Å². The first-order valence-electron chi connectivity index (χ1n) is 7.01. The van der Waals surface area contributed by atoms with E-state index < -0.39 is 5.60 Å². The standard InChI is InChI=1S/C16H27NOS/c1-13(2)11-17-12-14-6-5-7-15(10-14)19-9-8-16(3,4)18/h5-7,10,13,17-18H,8-9,11-12H2,1-4H3. The lowest BCUT2D eigenvalue weighted by Gasteiger charge is -2.16. The number of thioether (sulfide) groups is 1. The third-order valence-corrected chi connectivity index (χ3v) is 3.76. The molecule has 0 saturated carbocycles. The molecule has 0 heterocycles. The molecule has 0 aliphatic carbocycles. The van der Waals surface area contributed by atoms with E-state index in [0.717, 1.165) is 25.3 Å². The molecule has 0 amide bonds. The number of nitrogens with one attached hydrogen (secondary N) is 1. The lowest BCUT2D eigenvalue weighted by atomic mass is 10.1. The fourth-order valence-electron chi connectivity index (χ4n) is 1.67. The molecule has 2 N–H and O–H groups in total. The zero-order valence-corrected chi connectivity index (χ0v) is 13.4. The van der Waals surface area contributed by atoms with Crippen LogP contribution in [0.4, 0.5) is 0 Å². The van der Waals surface area contributed by atoms with Gasteiger partial charge in [0.2, 0.25) is 0 Å². The predicted molar refractivity (Wildman–Crippen MR) is 84.6 cm³/mol. The lowest BCUT2D eigenvalue weighted by Crippen LogP contribution is -2.19. The van der Waals surface area contributed by atoms with E-state index >= 15 is 0 Å². The van der Waals surface area contributed by atoms with Crippen molar-refractivity contribution in [2.24, 2.45) is 5.92 Å². The van der Waals surface area contributed by atoms with Crippen LogP contribution in [-0.4, -0.2) is 23.0 Å². The van der Waals surface area contributed by atoms with Gasteiger partial charge in [-0.1, -0.05) is 26.0 Å². The van der Waals surface area contributed by atoms with Crippen LogP contribution in [0, 0.1) is 5.92 Å². The van der Waals surface area contributed by atoms with E-state index in [1.165, 1.54) is 10.5 Å². The van der Waals surface area contributed by atoms with Crippen molar-refractivity contribution in [2.75, 3.05) is 12.3 Å². The largest absolute Gasteiger partial charge is 0.390 e. The molecule has 0 bridgehead atoms. The second-order valence-corrected chi connectivity index (χ2v) is 7.25. The van der Waals surface area contributed by atoms with Crippen LogP contribution in [0.1, 0.15) is 39.7 Å².